The zero-order chi connectivity index (χ0) is 13.6. The van der Waals surface area contributed by atoms with Crippen LogP contribution in [0.1, 0.15) is 12.8 Å². The fourth-order valence-corrected chi connectivity index (χ4v) is 0.789. The Labute approximate surface area is 94.2 Å². The highest BCUT2D eigenvalue weighted by atomic mass is 16.6. The van der Waals surface area contributed by atoms with Gasteiger partial charge in [-0.2, -0.15) is 0 Å². The van der Waals surface area contributed by atoms with E-state index in [9.17, 15) is 19.2 Å². The molecule has 0 aliphatic heterocycles. The summed E-state index contributed by atoms with van der Waals surface area (Å²) in [5.74, 6) is -6.24. The molecule has 0 rings (SSSR count). The fourth-order valence-electron chi connectivity index (χ4n) is 0.789. The maximum absolute atomic E-state index is 10.9. The van der Waals surface area contributed by atoms with Crippen molar-refractivity contribution in [3.8, 4) is 0 Å². The lowest BCUT2D eigenvalue weighted by atomic mass is 10.2. The lowest BCUT2D eigenvalue weighted by Gasteiger charge is -2.15. The van der Waals surface area contributed by atoms with E-state index in [2.05, 4.69) is 4.74 Å². The topological polar surface area (TPSA) is 158 Å². The van der Waals surface area contributed by atoms with Crippen LogP contribution in [0.15, 0.2) is 0 Å². The van der Waals surface area contributed by atoms with Gasteiger partial charge in [-0.15, -0.1) is 0 Å². The summed E-state index contributed by atoms with van der Waals surface area (Å²) in [6, 6.07) is 0. The molecule has 0 radical (unpaired) electrons. The molecule has 0 amide bonds. The Balaban J connectivity index is 4.45. The molecule has 4 N–H and O–H groups in total. The standard InChI is InChI=1S/C8H10O9/c9-3(10)1-2-4(11)17-6(8(15)16)5(12)7(13)14/h5-6,12H,1-2H2,(H,9,10)(H,13,14)(H,15,16). The summed E-state index contributed by atoms with van der Waals surface area (Å²) in [7, 11) is 0. The van der Waals surface area contributed by atoms with Gasteiger partial charge in [-0.25, -0.2) is 9.59 Å². The van der Waals surface area contributed by atoms with Crippen molar-refractivity contribution < 1.29 is 44.3 Å². The zero-order valence-corrected chi connectivity index (χ0v) is 8.40. The summed E-state index contributed by atoms with van der Waals surface area (Å²) in [6.07, 6.45) is -5.89. The quantitative estimate of drug-likeness (QED) is 0.386. The van der Waals surface area contributed by atoms with Gasteiger partial charge in [0.25, 0.3) is 0 Å². The molecular weight excluding hydrogens is 240 g/mol. The van der Waals surface area contributed by atoms with Gasteiger partial charge in [0.2, 0.25) is 6.10 Å². The second-order valence-electron chi connectivity index (χ2n) is 2.93. The van der Waals surface area contributed by atoms with Crippen molar-refractivity contribution >= 4 is 23.9 Å². The number of aliphatic carboxylic acids is 3. The lowest BCUT2D eigenvalue weighted by Crippen LogP contribution is -2.43. The number of hydrogen-bond acceptors (Lipinski definition) is 6. The molecule has 0 heterocycles. The predicted molar refractivity (Wildman–Crippen MR) is 48.0 cm³/mol. The first-order valence-corrected chi connectivity index (χ1v) is 4.30. The number of esters is 1. The van der Waals surface area contributed by atoms with Crippen LogP contribution in [0.4, 0.5) is 0 Å². The van der Waals surface area contributed by atoms with Gasteiger partial charge in [0, 0.05) is 0 Å². The number of carboxylic acids is 3. The Morgan fingerprint density at radius 3 is 1.82 bits per heavy atom. The van der Waals surface area contributed by atoms with Gasteiger partial charge in [0.05, 0.1) is 12.8 Å². The Morgan fingerprint density at radius 2 is 1.47 bits per heavy atom. The van der Waals surface area contributed by atoms with Crippen LogP contribution >= 0.6 is 0 Å². The molecule has 0 aliphatic carbocycles. The van der Waals surface area contributed by atoms with Crippen LogP contribution in [0, 0.1) is 0 Å². The van der Waals surface area contributed by atoms with E-state index in [-0.39, 0.29) is 0 Å². The number of ether oxygens (including phenoxy) is 1. The molecule has 0 bridgehead atoms. The summed E-state index contributed by atoms with van der Waals surface area (Å²) in [6.45, 7) is 0. The summed E-state index contributed by atoms with van der Waals surface area (Å²) >= 11 is 0. The molecule has 0 saturated carbocycles. The highest BCUT2D eigenvalue weighted by Crippen LogP contribution is 2.04. The fraction of sp³-hybridized carbons (Fsp3) is 0.500. The first-order valence-electron chi connectivity index (χ1n) is 4.30. The maximum atomic E-state index is 10.9. The summed E-state index contributed by atoms with van der Waals surface area (Å²) in [4.78, 5) is 41.8. The van der Waals surface area contributed by atoms with E-state index in [1.54, 1.807) is 0 Å². The third kappa shape index (κ3) is 5.47. The zero-order valence-electron chi connectivity index (χ0n) is 8.40. The monoisotopic (exact) mass is 250 g/mol. The third-order valence-corrected chi connectivity index (χ3v) is 1.58. The van der Waals surface area contributed by atoms with Crippen molar-refractivity contribution in [3.05, 3.63) is 0 Å². The molecule has 2 atom stereocenters. The average molecular weight is 250 g/mol. The Hall–Kier alpha value is -2.16. The minimum Gasteiger partial charge on any atom is -0.481 e. The summed E-state index contributed by atoms with van der Waals surface area (Å²) < 4.78 is 4.15. The van der Waals surface area contributed by atoms with Gasteiger partial charge >= 0.3 is 23.9 Å². The van der Waals surface area contributed by atoms with Crippen molar-refractivity contribution in [2.45, 2.75) is 25.0 Å². The smallest absolute Gasteiger partial charge is 0.348 e. The number of carbonyl (C=O) groups is 4. The average Bonchev–Trinajstić information content (AvgIpc) is 2.21. The molecule has 9 heteroatoms. The van der Waals surface area contributed by atoms with Crippen LogP contribution in [0.5, 0.6) is 0 Å². The van der Waals surface area contributed by atoms with Gasteiger partial charge < -0.3 is 25.2 Å². The van der Waals surface area contributed by atoms with E-state index in [4.69, 9.17) is 20.4 Å². The molecule has 0 aromatic carbocycles. The van der Waals surface area contributed by atoms with E-state index in [0.29, 0.717) is 0 Å². The van der Waals surface area contributed by atoms with E-state index >= 15 is 0 Å². The van der Waals surface area contributed by atoms with Gasteiger partial charge in [-0.3, -0.25) is 9.59 Å². The summed E-state index contributed by atoms with van der Waals surface area (Å²) in [5, 5.41) is 34.0. The van der Waals surface area contributed by atoms with Crippen molar-refractivity contribution in [1.82, 2.24) is 0 Å². The number of aliphatic hydroxyl groups is 1. The normalized spacial score (nSPS) is 13.5. The molecule has 96 valence electrons. The molecule has 2 unspecified atom stereocenters. The molecule has 17 heavy (non-hydrogen) atoms. The molecule has 0 fully saturated rings. The largest absolute Gasteiger partial charge is 0.481 e. The van der Waals surface area contributed by atoms with Crippen LogP contribution in [0.2, 0.25) is 0 Å². The van der Waals surface area contributed by atoms with E-state index < -0.39 is 48.9 Å². The van der Waals surface area contributed by atoms with E-state index in [1.807, 2.05) is 0 Å². The van der Waals surface area contributed by atoms with Crippen molar-refractivity contribution in [1.29, 1.82) is 0 Å². The minimum absolute atomic E-state index is 0.589. The van der Waals surface area contributed by atoms with Crippen LogP contribution < -0.4 is 0 Å². The van der Waals surface area contributed by atoms with Crippen LogP contribution in [-0.2, 0) is 23.9 Å². The van der Waals surface area contributed by atoms with Crippen molar-refractivity contribution in [2.24, 2.45) is 0 Å². The lowest BCUT2D eigenvalue weighted by molar-refractivity contribution is -0.178. The van der Waals surface area contributed by atoms with Gasteiger partial charge in [-0.1, -0.05) is 0 Å². The van der Waals surface area contributed by atoms with Crippen molar-refractivity contribution in [2.75, 3.05) is 0 Å². The Bertz CT molecular complexity index is 334. The highest BCUT2D eigenvalue weighted by Gasteiger charge is 2.35. The molecule has 0 aromatic rings. The van der Waals surface area contributed by atoms with Gasteiger partial charge in [0.1, 0.15) is 0 Å². The first kappa shape index (κ1) is 14.8. The van der Waals surface area contributed by atoms with E-state index in [1.165, 1.54) is 0 Å². The SMILES string of the molecule is O=C(O)CCC(=O)OC(C(=O)O)C(O)C(=O)O. The minimum atomic E-state index is -2.42. The van der Waals surface area contributed by atoms with Crippen LogP contribution in [0.25, 0.3) is 0 Å². The number of aliphatic hydroxyl groups excluding tert-OH is 1. The Kier molecular flexibility index (Phi) is 5.61. The second-order valence-corrected chi connectivity index (χ2v) is 2.93. The first-order chi connectivity index (χ1) is 7.75. The highest BCUT2D eigenvalue weighted by molar-refractivity contribution is 5.86. The molecule has 0 aromatic heterocycles. The van der Waals surface area contributed by atoms with Crippen LogP contribution in [-0.4, -0.2) is 56.5 Å². The van der Waals surface area contributed by atoms with E-state index in [0.717, 1.165) is 0 Å². The number of carbonyl (C=O) groups excluding carboxylic acids is 1. The maximum Gasteiger partial charge on any atom is 0.348 e. The Morgan fingerprint density at radius 1 is 0.941 bits per heavy atom. The molecular formula is C8H10O9. The molecule has 0 aliphatic rings. The second kappa shape index (κ2) is 6.43. The number of rotatable bonds is 7. The number of carboxylic acid groups (broad SMARTS) is 3. The molecule has 0 saturated heterocycles. The third-order valence-electron chi connectivity index (χ3n) is 1.58. The van der Waals surface area contributed by atoms with Crippen molar-refractivity contribution in [3.63, 3.8) is 0 Å². The van der Waals surface area contributed by atoms with Crippen LogP contribution in [0.3, 0.4) is 0 Å². The molecule has 9 nitrogen and oxygen atoms in total. The molecule has 0 spiro atoms. The van der Waals surface area contributed by atoms with Gasteiger partial charge in [0.15, 0.2) is 6.10 Å². The van der Waals surface area contributed by atoms with Gasteiger partial charge in [-0.05, 0) is 0 Å². The summed E-state index contributed by atoms with van der Waals surface area (Å²) in [5.41, 5.74) is 0. The predicted octanol–water partition coefficient (Wildman–Crippen LogP) is -1.71. The number of hydrogen-bond donors (Lipinski definition) is 4.